The van der Waals surface area contributed by atoms with Gasteiger partial charge in [-0.3, -0.25) is 9.69 Å². The second-order valence-corrected chi connectivity index (χ2v) is 12.8. The smallest absolute Gasteiger partial charge is 0.416 e. The first-order valence-corrected chi connectivity index (χ1v) is 15.5. The molecule has 3 aliphatic rings. The third-order valence-electron chi connectivity index (χ3n) is 9.38. The van der Waals surface area contributed by atoms with Crippen molar-refractivity contribution in [3.63, 3.8) is 0 Å². The SMILES string of the molecule is CN1CCN(Cc2ccc(CC(=O)N3CCc4ccc(Oc5c(F)cnc6[nH]c(C7(O)CC7)cc56)cc4C3)cc2C(F)(F)F)CC1. The van der Waals surface area contributed by atoms with E-state index >= 15 is 0 Å². The van der Waals surface area contributed by atoms with Crippen LogP contribution in [0.3, 0.4) is 0 Å². The number of aliphatic hydroxyl groups is 1. The molecular formula is C34H35F4N5O3. The highest BCUT2D eigenvalue weighted by Crippen LogP contribution is 2.46. The molecule has 2 fully saturated rings. The number of fused-ring (bicyclic) bond motifs is 2. The van der Waals surface area contributed by atoms with Gasteiger partial charge < -0.3 is 24.6 Å². The molecule has 0 unspecified atom stereocenters. The molecule has 7 rings (SSSR count). The Labute approximate surface area is 263 Å². The number of aromatic nitrogens is 2. The van der Waals surface area contributed by atoms with Crippen molar-refractivity contribution in [2.45, 2.75) is 50.6 Å². The van der Waals surface area contributed by atoms with Crippen LogP contribution in [0.15, 0.2) is 48.7 Å². The van der Waals surface area contributed by atoms with E-state index in [2.05, 4.69) is 14.9 Å². The zero-order valence-electron chi connectivity index (χ0n) is 25.5. The summed E-state index contributed by atoms with van der Waals surface area (Å²) in [5.74, 6) is -0.560. The molecule has 1 amide bonds. The molecule has 2 aromatic carbocycles. The predicted octanol–water partition coefficient (Wildman–Crippen LogP) is 5.37. The van der Waals surface area contributed by atoms with Crippen LogP contribution in [0.4, 0.5) is 17.6 Å². The maximum absolute atomic E-state index is 14.9. The van der Waals surface area contributed by atoms with Gasteiger partial charge in [0.25, 0.3) is 0 Å². The standard InChI is InChI=1S/C34H35F4N5O3/c1-41-10-12-42(13-11-41)19-23-3-2-21(14-27(23)34(36,37)38)15-30(44)43-9-6-22-4-5-25(16-24(22)20-43)46-31-26-17-29(33(45)7-8-33)40-32(26)39-18-28(31)35/h2-5,14,16-18,45H,6-13,15,19-20H2,1H3,(H,39,40). The molecule has 242 valence electrons. The molecule has 4 heterocycles. The Bertz CT molecular complexity index is 1790. The zero-order valence-corrected chi connectivity index (χ0v) is 25.5. The van der Waals surface area contributed by atoms with E-state index in [4.69, 9.17) is 4.74 Å². The Kier molecular flexibility index (Phi) is 7.77. The van der Waals surface area contributed by atoms with E-state index in [0.717, 1.165) is 36.5 Å². The van der Waals surface area contributed by atoms with Crippen molar-refractivity contribution in [3.05, 3.63) is 88.0 Å². The minimum atomic E-state index is -4.53. The summed E-state index contributed by atoms with van der Waals surface area (Å²) in [4.78, 5) is 26.3. The van der Waals surface area contributed by atoms with Gasteiger partial charge in [-0.1, -0.05) is 18.2 Å². The van der Waals surface area contributed by atoms with E-state index in [1.165, 1.54) is 6.07 Å². The molecular weight excluding hydrogens is 602 g/mol. The molecule has 4 aromatic rings. The van der Waals surface area contributed by atoms with Gasteiger partial charge in [-0.15, -0.1) is 0 Å². The predicted molar refractivity (Wildman–Crippen MR) is 163 cm³/mol. The van der Waals surface area contributed by atoms with E-state index in [1.807, 2.05) is 18.0 Å². The number of hydrogen-bond acceptors (Lipinski definition) is 6. The molecule has 8 nitrogen and oxygen atoms in total. The highest BCUT2D eigenvalue weighted by Gasteiger charge is 2.44. The van der Waals surface area contributed by atoms with Gasteiger partial charge in [0.1, 0.15) is 17.0 Å². The normalized spacial score (nSPS) is 18.5. The second kappa shape index (κ2) is 11.7. The largest absolute Gasteiger partial charge is 0.453 e. The molecule has 0 atom stereocenters. The van der Waals surface area contributed by atoms with Crippen molar-refractivity contribution in [2.24, 2.45) is 0 Å². The summed E-state index contributed by atoms with van der Waals surface area (Å²) < 4.78 is 63.2. The molecule has 12 heteroatoms. The number of ether oxygens (including phenoxy) is 1. The summed E-state index contributed by atoms with van der Waals surface area (Å²) in [6.45, 7) is 3.94. The lowest BCUT2D eigenvalue weighted by Crippen LogP contribution is -2.44. The number of hydrogen-bond donors (Lipinski definition) is 2. The molecule has 46 heavy (non-hydrogen) atoms. The third kappa shape index (κ3) is 6.21. The lowest BCUT2D eigenvalue weighted by molar-refractivity contribution is -0.138. The van der Waals surface area contributed by atoms with Gasteiger partial charge in [-0.2, -0.15) is 13.2 Å². The van der Waals surface area contributed by atoms with Crippen molar-refractivity contribution in [2.75, 3.05) is 39.8 Å². The van der Waals surface area contributed by atoms with Crippen LogP contribution in [0.2, 0.25) is 0 Å². The number of carbonyl (C=O) groups is 1. The average Bonchev–Trinajstić information content (AvgIpc) is 3.62. The average molecular weight is 638 g/mol. The number of nitrogens with one attached hydrogen (secondary N) is 1. The number of benzene rings is 2. The van der Waals surface area contributed by atoms with Gasteiger partial charge in [0, 0.05) is 51.5 Å². The molecule has 1 saturated carbocycles. The molecule has 2 N–H and O–H groups in total. The highest BCUT2D eigenvalue weighted by atomic mass is 19.4. The van der Waals surface area contributed by atoms with Crippen molar-refractivity contribution in [1.29, 1.82) is 0 Å². The lowest BCUT2D eigenvalue weighted by Gasteiger charge is -2.33. The monoisotopic (exact) mass is 637 g/mol. The number of carbonyl (C=O) groups excluding carboxylic acids is 1. The Morgan fingerprint density at radius 2 is 1.83 bits per heavy atom. The van der Waals surface area contributed by atoms with Crippen molar-refractivity contribution in [1.82, 2.24) is 24.7 Å². The first-order chi connectivity index (χ1) is 21.9. The number of H-pyrrole nitrogens is 1. The first-order valence-electron chi connectivity index (χ1n) is 15.5. The van der Waals surface area contributed by atoms with Crippen LogP contribution < -0.4 is 4.74 Å². The van der Waals surface area contributed by atoms with E-state index in [1.54, 1.807) is 29.2 Å². The molecule has 1 aliphatic carbocycles. The van der Waals surface area contributed by atoms with Crippen molar-refractivity contribution >= 4 is 16.9 Å². The fourth-order valence-electron chi connectivity index (χ4n) is 6.37. The summed E-state index contributed by atoms with van der Waals surface area (Å²) in [5.41, 5.74) is 1.71. The number of halogens is 4. The number of likely N-dealkylation sites (N-methyl/N-ethyl adjacent to an activating group) is 1. The van der Waals surface area contributed by atoms with Crippen LogP contribution >= 0.6 is 0 Å². The summed E-state index contributed by atoms with van der Waals surface area (Å²) in [6.07, 6.45) is -1.80. The van der Waals surface area contributed by atoms with E-state index in [0.29, 0.717) is 66.9 Å². The Morgan fingerprint density at radius 3 is 2.57 bits per heavy atom. The number of nitrogens with zero attached hydrogens (tertiary/aromatic N) is 4. The van der Waals surface area contributed by atoms with Crippen molar-refractivity contribution in [3.8, 4) is 11.5 Å². The Hall–Kier alpha value is -4.00. The van der Waals surface area contributed by atoms with Crippen molar-refractivity contribution < 1.29 is 32.2 Å². The number of alkyl halides is 3. The van der Waals surface area contributed by atoms with Crippen LogP contribution in [0, 0.1) is 5.82 Å². The van der Waals surface area contributed by atoms with E-state index < -0.39 is 23.2 Å². The highest BCUT2D eigenvalue weighted by molar-refractivity contribution is 5.84. The number of rotatable bonds is 7. The molecule has 1 saturated heterocycles. The third-order valence-corrected chi connectivity index (χ3v) is 9.38. The van der Waals surface area contributed by atoms with Crippen LogP contribution in [0.5, 0.6) is 11.5 Å². The van der Waals surface area contributed by atoms with Gasteiger partial charge >= 0.3 is 6.18 Å². The van der Waals surface area contributed by atoms with Gasteiger partial charge in [0.15, 0.2) is 11.6 Å². The molecule has 0 radical (unpaired) electrons. The minimum absolute atomic E-state index is 0.0167. The maximum atomic E-state index is 14.9. The Morgan fingerprint density at radius 1 is 1.04 bits per heavy atom. The number of pyridine rings is 1. The number of aromatic amines is 1. The summed E-state index contributed by atoms with van der Waals surface area (Å²) in [7, 11) is 2.00. The second-order valence-electron chi connectivity index (χ2n) is 12.8. The van der Waals surface area contributed by atoms with Gasteiger partial charge in [0.05, 0.1) is 23.6 Å². The number of amides is 1. The molecule has 2 aliphatic heterocycles. The van der Waals surface area contributed by atoms with Crippen LogP contribution in [-0.4, -0.2) is 75.5 Å². The van der Waals surface area contributed by atoms with Gasteiger partial charge in [-0.25, -0.2) is 9.37 Å². The molecule has 0 bridgehead atoms. The van der Waals surface area contributed by atoms with Gasteiger partial charge in [0.2, 0.25) is 5.91 Å². The summed E-state index contributed by atoms with van der Waals surface area (Å²) in [5, 5.41) is 10.9. The Balaban J connectivity index is 1.06. The minimum Gasteiger partial charge on any atom is -0.453 e. The fraction of sp³-hybridized carbons (Fsp3) is 0.412. The van der Waals surface area contributed by atoms with E-state index in [-0.39, 0.29) is 36.7 Å². The maximum Gasteiger partial charge on any atom is 0.416 e. The summed E-state index contributed by atoms with van der Waals surface area (Å²) in [6, 6.07) is 11.3. The van der Waals surface area contributed by atoms with E-state index in [9.17, 15) is 27.5 Å². The van der Waals surface area contributed by atoms with Crippen LogP contribution in [-0.2, 0) is 42.5 Å². The van der Waals surface area contributed by atoms with Crippen LogP contribution in [0.25, 0.3) is 11.0 Å². The number of piperazine rings is 1. The van der Waals surface area contributed by atoms with Gasteiger partial charge in [-0.05, 0) is 72.8 Å². The quantitative estimate of drug-likeness (QED) is 0.265. The molecule has 2 aromatic heterocycles. The van der Waals surface area contributed by atoms with Crippen LogP contribution in [0.1, 0.15) is 46.4 Å². The summed E-state index contributed by atoms with van der Waals surface area (Å²) >= 11 is 0. The molecule has 0 spiro atoms. The zero-order chi connectivity index (χ0) is 32.2. The lowest BCUT2D eigenvalue weighted by atomic mass is 9.97. The fourth-order valence-corrected chi connectivity index (χ4v) is 6.37. The topological polar surface area (TPSA) is 84.9 Å². The first kappa shape index (κ1) is 30.6.